The number of carbonyl (C=O) groups is 1. The van der Waals surface area contributed by atoms with Crippen LogP contribution in [0.4, 0.5) is 5.82 Å². The number of nitriles is 1. The smallest absolute Gasteiger partial charge is 0.330 e. The second-order valence-corrected chi connectivity index (χ2v) is 4.07. The largest absolute Gasteiger partial charge is 0.467 e. The zero-order valence-corrected chi connectivity index (χ0v) is 11.8. The van der Waals surface area contributed by atoms with Gasteiger partial charge in [0, 0.05) is 0 Å². The molecular formula is C13H18N4O3. The molecule has 0 saturated heterocycles. The molecule has 1 rings (SSSR count). The van der Waals surface area contributed by atoms with Gasteiger partial charge in [0.2, 0.25) is 0 Å². The van der Waals surface area contributed by atoms with E-state index in [1.165, 1.54) is 7.11 Å². The van der Waals surface area contributed by atoms with Crippen LogP contribution in [0.3, 0.4) is 0 Å². The number of ether oxygens (including phenoxy) is 1. The summed E-state index contributed by atoms with van der Waals surface area (Å²) in [5.74, 6) is -0.443. The number of aryl methyl sites for hydroxylation is 1. The van der Waals surface area contributed by atoms with Gasteiger partial charge < -0.3 is 15.2 Å². The minimum Gasteiger partial charge on any atom is -0.467 e. The molecule has 7 nitrogen and oxygen atoms in total. The number of aliphatic hydroxyl groups excluding tert-OH is 1. The lowest BCUT2D eigenvalue weighted by Crippen LogP contribution is -2.35. The first kappa shape index (κ1) is 15.9. The van der Waals surface area contributed by atoms with Crippen LogP contribution in [0.1, 0.15) is 30.7 Å². The number of nitrogens with zero attached hydrogens (tertiary/aromatic N) is 3. The number of aliphatic hydroxyl groups is 1. The molecule has 0 aromatic carbocycles. The van der Waals surface area contributed by atoms with Crippen molar-refractivity contribution in [2.45, 2.75) is 32.7 Å². The fourth-order valence-electron chi connectivity index (χ4n) is 1.88. The maximum Gasteiger partial charge on any atom is 0.330 e. The SMILES string of the molecule is CCc1nnc(NC(CO)C(=O)OC)c(C#N)c1CC. The van der Waals surface area contributed by atoms with E-state index in [2.05, 4.69) is 26.3 Å². The van der Waals surface area contributed by atoms with Crippen molar-refractivity contribution in [3.8, 4) is 6.07 Å². The highest BCUT2D eigenvalue weighted by atomic mass is 16.5. The minimum atomic E-state index is -0.974. The van der Waals surface area contributed by atoms with Gasteiger partial charge in [-0.15, -0.1) is 5.10 Å². The molecule has 2 N–H and O–H groups in total. The Hall–Kier alpha value is -2.20. The van der Waals surface area contributed by atoms with Crippen molar-refractivity contribution in [3.05, 3.63) is 16.8 Å². The maximum absolute atomic E-state index is 11.4. The molecule has 1 aromatic rings. The first-order valence-electron chi connectivity index (χ1n) is 6.36. The van der Waals surface area contributed by atoms with Crippen molar-refractivity contribution in [2.24, 2.45) is 0 Å². The first-order valence-corrected chi connectivity index (χ1v) is 6.36. The van der Waals surface area contributed by atoms with Crippen LogP contribution in [-0.2, 0) is 22.4 Å². The Kier molecular flexibility index (Phi) is 5.87. The van der Waals surface area contributed by atoms with E-state index in [4.69, 9.17) is 0 Å². The molecule has 0 aliphatic rings. The number of rotatable bonds is 6. The lowest BCUT2D eigenvalue weighted by atomic mass is 10.0. The number of hydrogen-bond acceptors (Lipinski definition) is 7. The van der Waals surface area contributed by atoms with Gasteiger partial charge in [0.05, 0.1) is 19.4 Å². The molecule has 0 bridgehead atoms. The lowest BCUT2D eigenvalue weighted by Gasteiger charge is -2.16. The van der Waals surface area contributed by atoms with E-state index >= 15 is 0 Å². The van der Waals surface area contributed by atoms with Gasteiger partial charge in [-0.25, -0.2) is 4.79 Å². The molecule has 0 spiro atoms. The van der Waals surface area contributed by atoms with Crippen LogP contribution in [0.2, 0.25) is 0 Å². The van der Waals surface area contributed by atoms with Crippen LogP contribution in [-0.4, -0.2) is 41.0 Å². The van der Waals surface area contributed by atoms with Gasteiger partial charge in [-0.05, 0) is 18.4 Å². The minimum absolute atomic E-state index is 0.186. The van der Waals surface area contributed by atoms with E-state index < -0.39 is 18.6 Å². The van der Waals surface area contributed by atoms with E-state index in [0.717, 1.165) is 11.3 Å². The third kappa shape index (κ3) is 3.22. The van der Waals surface area contributed by atoms with Crippen molar-refractivity contribution < 1.29 is 14.6 Å². The molecule has 0 amide bonds. The van der Waals surface area contributed by atoms with Crippen LogP contribution in [0.25, 0.3) is 0 Å². The fraction of sp³-hybridized carbons (Fsp3) is 0.538. The molecule has 7 heteroatoms. The predicted octanol–water partition coefficient (Wildman–Crippen LogP) is 0.419. The molecule has 0 aliphatic carbocycles. The van der Waals surface area contributed by atoms with Crippen LogP contribution < -0.4 is 5.32 Å². The van der Waals surface area contributed by atoms with Gasteiger partial charge in [-0.2, -0.15) is 10.4 Å². The number of carbonyl (C=O) groups excluding carboxylic acids is 1. The first-order chi connectivity index (χ1) is 9.62. The monoisotopic (exact) mass is 278 g/mol. The third-order valence-electron chi connectivity index (χ3n) is 2.94. The molecule has 0 aliphatic heterocycles. The standard InChI is InChI=1S/C13H18N4O3/c1-4-8-9(6-14)12(17-16-10(8)5-2)15-11(7-18)13(19)20-3/h11,18H,4-5,7H2,1-3H3,(H,15,17). The van der Waals surface area contributed by atoms with Crippen molar-refractivity contribution in [2.75, 3.05) is 19.0 Å². The summed E-state index contributed by atoms with van der Waals surface area (Å²) in [6.45, 7) is 3.39. The Morgan fingerprint density at radius 1 is 1.45 bits per heavy atom. The Morgan fingerprint density at radius 3 is 2.60 bits per heavy atom. The molecule has 1 unspecified atom stereocenters. The average molecular weight is 278 g/mol. The maximum atomic E-state index is 11.4. The molecule has 108 valence electrons. The Morgan fingerprint density at radius 2 is 2.15 bits per heavy atom. The summed E-state index contributed by atoms with van der Waals surface area (Å²) in [6, 6.07) is 1.10. The van der Waals surface area contributed by atoms with E-state index in [1.807, 2.05) is 13.8 Å². The zero-order valence-electron chi connectivity index (χ0n) is 11.8. The highest BCUT2D eigenvalue weighted by Gasteiger charge is 2.22. The molecule has 1 aromatic heterocycles. The van der Waals surface area contributed by atoms with Crippen LogP contribution >= 0.6 is 0 Å². The molecule has 1 atom stereocenters. The van der Waals surface area contributed by atoms with Gasteiger partial charge in [0.15, 0.2) is 5.82 Å². The topological polar surface area (TPSA) is 108 Å². The molecule has 20 heavy (non-hydrogen) atoms. The number of hydrogen-bond donors (Lipinski definition) is 2. The second-order valence-electron chi connectivity index (χ2n) is 4.07. The number of esters is 1. The van der Waals surface area contributed by atoms with Gasteiger partial charge in [-0.3, -0.25) is 0 Å². The van der Waals surface area contributed by atoms with Crippen LogP contribution in [0.5, 0.6) is 0 Å². The van der Waals surface area contributed by atoms with E-state index in [1.54, 1.807) is 0 Å². The highest BCUT2D eigenvalue weighted by Crippen LogP contribution is 2.20. The Bertz CT molecular complexity index is 525. The van der Waals surface area contributed by atoms with Crippen molar-refractivity contribution in [1.29, 1.82) is 5.26 Å². The lowest BCUT2D eigenvalue weighted by molar-refractivity contribution is -0.142. The van der Waals surface area contributed by atoms with Crippen molar-refractivity contribution >= 4 is 11.8 Å². The molecule has 0 saturated carbocycles. The van der Waals surface area contributed by atoms with Crippen LogP contribution in [0, 0.1) is 11.3 Å². The highest BCUT2D eigenvalue weighted by molar-refractivity contribution is 5.79. The van der Waals surface area contributed by atoms with Crippen molar-refractivity contribution in [1.82, 2.24) is 10.2 Å². The third-order valence-corrected chi connectivity index (χ3v) is 2.94. The van der Waals surface area contributed by atoms with Gasteiger partial charge in [0.1, 0.15) is 17.7 Å². The molecule has 0 fully saturated rings. The summed E-state index contributed by atoms with van der Waals surface area (Å²) in [4.78, 5) is 11.4. The number of anilines is 1. The average Bonchev–Trinajstić information content (AvgIpc) is 2.50. The number of methoxy groups -OCH3 is 1. The van der Waals surface area contributed by atoms with Gasteiger partial charge in [0.25, 0.3) is 0 Å². The number of aromatic nitrogens is 2. The summed E-state index contributed by atoms with van der Waals surface area (Å²) in [6.07, 6.45) is 1.31. The molecule has 0 radical (unpaired) electrons. The number of nitrogens with one attached hydrogen (secondary N) is 1. The van der Waals surface area contributed by atoms with Crippen molar-refractivity contribution in [3.63, 3.8) is 0 Å². The second kappa shape index (κ2) is 7.40. The Balaban J connectivity index is 3.19. The van der Waals surface area contributed by atoms with E-state index in [0.29, 0.717) is 18.4 Å². The molecule has 1 heterocycles. The van der Waals surface area contributed by atoms with E-state index in [-0.39, 0.29) is 5.82 Å². The molecular weight excluding hydrogens is 260 g/mol. The van der Waals surface area contributed by atoms with Gasteiger partial charge >= 0.3 is 5.97 Å². The normalized spacial score (nSPS) is 11.6. The predicted molar refractivity (Wildman–Crippen MR) is 72.0 cm³/mol. The fourth-order valence-corrected chi connectivity index (χ4v) is 1.88. The summed E-state index contributed by atoms with van der Waals surface area (Å²) in [7, 11) is 1.22. The van der Waals surface area contributed by atoms with E-state index in [9.17, 15) is 15.2 Å². The van der Waals surface area contributed by atoms with Crippen LogP contribution in [0.15, 0.2) is 0 Å². The zero-order chi connectivity index (χ0) is 15.1. The summed E-state index contributed by atoms with van der Waals surface area (Å²) < 4.78 is 4.56. The summed E-state index contributed by atoms with van der Waals surface area (Å²) in [5.41, 5.74) is 1.91. The Labute approximate surface area is 117 Å². The summed E-state index contributed by atoms with van der Waals surface area (Å²) in [5, 5.41) is 29.2. The summed E-state index contributed by atoms with van der Waals surface area (Å²) >= 11 is 0. The quantitative estimate of drug-likeness (QED) is 0.726. The van der Waals surface area contributed by atoms with Gasteiger partial charge in [-0.1, -0.05) is 13.8 Å².